The zero-order valence-corrected chi connectivity index (χ0v) is 17.7. The second-order valence-corrected chi connectivity index (χ2v) is 9.85. The smallest absolute Gasteiger partial charge is 0.240 e. The van der Waals surface area contributed by atoms with Crippen molar-refractivity contribution in [2.24, 2.45) is 11.8 Å². The first-order chi connectivity index (χ1) is 12.1. The summed E-state index contributed by atoms with van der Waals surface area (Å²) in [5.41, 5.74) is 1.32. The average molecular weight is 474 g/mol. The molecule has 0 aromatic heterocycles. The van der Waals surface area contributed by atoms with Gasteiger partial charge in [0, 0.05) is 0 Å². The Morgan fingerprint density at radius 1 is 0.923 bits per heavy atom. The van der Waals surface area contributed by atoms with E-state index in [1.165, 1.54) is 0 Å². The van der Waals surface area contributed by atoms with Gasteiger partial charge in [-0.25, -0.2) is 4.90 Å². The van der Waals surface area contributed by atoms with Gasteiger partial charge in [-0.3, -0.25) is 9.59 Å². The molecule has 4 rings (SSSR count). The largest absolute Gasteiger partial charge is 0.274 e. The molecule has 9 heteroatoms. The van der Waals surface area contributed by atoms with Gasteiger partial charge in [-0.2, -0.15) is 0 Å². The highest BCUT2D eigenvalue weighted by Gasteiger charge is 2.87. The van der Waals surface area contributed by atoms with Crippen LogP contribution >= 0.6 is 69.6 Å². The van der Waals surface area contributed by atoms with E-state index in [4.69, 9.17) is 69.6 Å². The summed E-state index contributed by atoms with van der Waals surface area (Å²) < 4.78 is -1.91. The van der Waals surface area contributed by atoms with Crippen LogP contribution in [-0.2, 0) is 16.0 Å². The number of para-hydroxylation sites is 1. The molecule has 2 aliphatic carbocycles. The number of hydrogen-bond donors (Lipinski definition) is 0. The van der Waals surface area contributed by atoms with E-state index in [0.717, 1.165) is 10.5 Å². The van der Waals surface area contributed by atoms with E-state index in [1.54, 1.807) is 12.1 Å². The number of carbonyl (C=O) groups excluding carboxylic acids is 2. The highest BCUT2D eigenvalue weighted by atomic mass is 35.5. The van der Waals surface area contributed by atoms with E-state index < -0.39 is 37.7 Å². The summed E-state index contributed by atoms with van der Waals surface area (Å²) in [6, 6.07) is 7.12. The van der Waals surface area contributed by atoms with Crippen LogP contribution in [0.15, 0.2) is 34.3 Å². The van der Waals surface area contributed by atoms with Crippen LogP contribution < -0.4 is 4.90 Å². The molecule has 2 fully saturated rings. The fraction of sp³-hybridized carbons (Fsp3) is 0.412. The van der Waals surface area contributed by atoms with E-state index in [1.807, 2.05) is 19.1 Å². The lowest BCUT2D eigenvalue weighted by Crippen LogP contribution is -2.50. The SMILES string of the molecule is CCc1ccccc1N1C(=O)[C@H]2[C@H](C1=O)[C@@]1(Cl)C(Cl)=C(Cl)[C@@]2(Cl)C1(Cl)Cl. The van der Waals surface area contributed by atoms with Gasteiger partial charge in [-0.05, 0) is 18.1 Å². The molecule has 0 N–H and O–H groups in total. The van der Waals surface area contributed by atoms with Crippen molar-refractivity contribution in [2.75, 3.05) is 4.90 Å². The number of carbonyl (C=O) groups is 2. The molecule has 1 saturated heterocycles. The lowest BCUT2D eigenvalue weighted by atomic mass is 9.84. The third kappa shape index (κ3) is 1.81. The summed E-state index contributed by atoms with van der Waals surface area (Å²) in [5.74, 6) is -3.29. The maximum atomic E-state index is 13.3. The van der Waals surface area contributed by atoms with Crippen LogP contribution in [0.2, 0.25) is 0 Å². The van der Waals surface area contributed by atoms with Gasteiger partial charge in [0.15, 0.2) is 4.33 Å². The number of nitrogens with zero attached hydrogens (tertiary/aromatic N) is 1. The average Bonchev–Trinajstić information content (AvgIpc) is 2.99. The van der Waals surface area contributed by atoms with Gasteiger partial charge in [-0.15, -0.1) is 23.2 Å². The molecular weight excluding hydrogens is 463 g/mol. The highest BCUT2D eigenvalue weighted by Crippen LogP contribution is 2.77. The number of benzene rings is 1. The Morgan fingerprint density at radius 2 is 1.38 bits per heavy atom. The zero-order valence-electron chi connectivity index (χ0n) is 13.2. The van der Waals surface area contributed by atoms with Crippen molar-refractivity contribution in [1.29, 1.82) is 0 Å². The molecule has 3 aliphatic rings. The normalized spacial score (nSPS) is 37.7. The number of allylic oxidation sites excluding steroid dienone is 2. The minimum atomic E-state index is -1.91. The van der Waals surface area contributed by atoms with Crippen LogP contribution in [0.5, 0.6) is 0 Å². The molecule has 1 heterocycles. The minimum absolute atomic E-state index is 0.0890. The number of anilines is 1. The van der Waals surface area contributed by atoms with E-state index in [-0.39, 0.29) is 10.1 Å². The van der Waals surface area contributed by atoms with Gasteiger partial charge >= 0.3 is 0 Å². The number of aryl methyl sites for hydroxylation is 1. The molecule has 0 radical (unpaired) electrons. The second kappa shape index (κ2) is 5.68. The van der Waals surface area contributed by atoms with Gasteiger partial charge in [0.05, 0.1) is 27.6 Å². The summed E-state index contributed by atoms with van der Waals surface area (Å²) in [7, 11) is 0. The van der Waals surface area contributed by atoms with Crippen LogP contribution in [0.1, 0.15) is 12.5 Å². The molecule has 4 atom stereocenters. The standard InChI is InChI=1S/C17H11Cl6NO2/c1-2-7-5-3-4-6-8(7)24-13(25)9-10(14(24)26)16(21)12(19)11(18)15(9,20)17(16,22)23/h3-6,9-10H,2H2,1H3/t9-,10-,15-,16-/m1/s1. The van der Waals surface area contributed by atoms with E-state index >= 15 is 0 Å². The summed E-state index contributed by atoms with van der Waals surface area (Å²) in [5, 5.41) is -0.178. The summed E-state index contributed by atoms with van der Waals surface area (Å²) in [6.07, 6.45) is 0.634. The molecule has 2 amide bonds. The fourth-order valence-electron chi connectivity index (χ4n) is 4.26. The van der Waals surface area contributed by atoms with E-state index in [9.17, 15) is 9.59 Å². The van der Waals surface area contributed by atoms with Crippen LogP contribution in [0.3, 0.4) is 0 Å². The van der Waals surface area contributed by atoms with Gasteiger partial charge < -0.3 is 0 Å². The minimum Gasteiger partial charge on any atom is -0.274 e. The van der Waals surface area contributed by atoms with Crippen LogP contribution in [0.4, 0.5) is 5.69 Å². The lowest BCUT2D eigenvalue weighted by Gasteiger charge is -2.34. The van der Waals surface area contributed by atoms with Crippen LogP contribution in [0, 0.1) is 11.8 Å². The van der Waals surface area contributed by atoms with Crippen molar-refractivity contribution in [1.82, 2.24) is 0 Å². The van der Waals surface area contributed by atoms with Crippen LogP contribution in [-0.4, -0.2) is 25.9 Å². The number of amides is 2. The first-order valence-electron chi connectivity index (χ1n) is 7.84. The Kier molecular flexibility index (Phi) is 4.19. The second-order valence-electron chi connectivity index (χ2n) is 6.58. The van der Waals surface area contributed by atoms with Crippen molar-refractivity contribution in [3.05, 3.63) is 39.9 Å². The summed E-state index contributed by atoms with van der Waals surface area (Å²) in [4.78, 5) is 24.1. The van der Waals surface area contributed by atoms with Crippen molar-refractivity contribution in [2.45, 2.75) is 27.4 Å². The molecular formula is C17H11Cl6NO2. The monoisotopic (exact) mass is 471 g/mol. The Hall–Kier alpha value is -0.160. The van der Waals surface area contributed by atoms with Crippen molar-refractivity contribution in [3.8, 4) is 0 Å². The van der Waals surface area contributed by atoms with E-state index in [2.05, 4.69) is 0 Å². The molecule has 1 aromatic carbocycles. The Bertz CT molecular complexity index is 853. The van der Waals surface area contributed by atoms with Crippen molar-refractivity contribution in [3.63, 3.8) is 0 Å². The number of halogens is 6. The van der Waals surface area contributed by atoms with Crippen molar-refractivity contribution >= 4 is 87.1 Å². The first kappa shape index (κ1) is 19.2. The predicted molar refractivity (Wildman–Crippen MR) is 106 cm³/mol. The zero-order chi connectivity index (χ0) is 19.2. The Labute approximate surface area is 180 Å². The maximum absolute atomic E-state index is 13.3. The Morgan fingerprint density at radius 3 is 1.85 bits per heavy atom. The molecule has 0 unspecified atom stereocenters. The molecule has 1 aliphatic heterocycles. The fourth-order valence-corrected chi connectivity index (χ4v) is 7.19. The first-order valence-corrected chi connectivity index (χ1v) is 10.1. The van der Waals surface area contributed by atoms with Gasteiger partial charge in [-0.1, -0.05) is 71.5 Å². The topological polar surface area (TPSA) is 37.4 Å². The molecule has 0 spiro atoms. The van der Waals surface area contributed by atoms with Gasteiger partial charge in [0.25, 0.3) is 0 Å². The molecule has 1 aromatic rings. The van der Waals surface area contributed by atoms with E-state index in [0.29, 0.717) is 12.1 Å². The number of rotatable bonds is 2. The van der Waals surface area contributed by atoms with Gasteiger partial charge in [0.1, 0.15) is 9.75 Å². The van der Waals surface area contributed by atoms with Crippen LogP contribution in [0.25, 0.3) is 0 Å². The molecule has 2 bridgehead atoms. The van der Waals surface area contributed by atoms with Crippen molar-refractivity contribution < 1.29 is 9.59 Å². The Balaban J connectivity index is 1.93. The quantitative estimate of drug-likeness (QED) is 0.437. The number of imide groups is 1. The van der Waals surface area contributed by atoms with Gasteiger partial charge in [0.2, 0.25) is 11.8 Å². The molecule has 26 heavy (non-hydrogen) atoms. The lowest BCUT2D eigenvalue weighted by molar-refractivity contribution is -0.123. The number of alkyl halides is 4. The summed E-state index contributed by atoms with van der Waals surface area (Å²) in [6.45, 7) is 1.93. The molecule has 1 saturated carbocycles. The maximum Gasteiger partial charge on any atom is 0.240 e. The summed E-state index contributed by atoms with van der Waals surface area (Å²) >= 11 is 38.9. The number of fused-ring (bicyclic) bond motifs is 5. The highest BCUT2D eigenvalue weighted by molar-refractivity contribution is 6.67. The third-order valence-electron chi connectivity index (χ3n) is 5.52. The molecule has 3 nitrogen and oxygen atoms in total. The number of hydrogen-bond acceptors (Lipinski definition) is 2. The third-order valence-corrected chi connectivity index (χ3v) is 9.78. The predicted octanol–water partition coefficient (Wildman–Crippen LogP) is 5.20. The molecule has 138 valence electrons.